The van der Waals surface area contributed by atoms with Gasteiger partial charge in [-0.25, -0.2) is 0 Å². The Balaban J connectivity index is 1.87. The van der Waals surface area contributed by atoms with E-state index in [1.54, 1.807) is 25.1 Å². The maximum absolute atomic E-state index is 12.0. The van der Waals surface area contributed by atoms with Crippen molar-refractivity contribution in [3.05, 3.63) is 60.2 Å². The lowest BCUT2D eigenvalue weighted by Crippen LogP contribution is -2.41. The number of hydrogen-bond donors (Lipinski definition) is 3. The highest BCUT2D eigenvalue weighted by Crippen LogP contribution is 2.16. The van der Waals surface area contributed by atoms with E-state index in [4.69, 9.17) is 0 Å². The number of carbonyl (C=O) groups is 2. The summed E-state index contributed by atoms with van der Waals surface area (Å²) in [6.07, 6.45) is 0.158. The van der Waals surface area contributed by atoms with Crippen LogP contribution in [0.15, 0.2) is 54.6 Å². The number of imide groups is 1. The number of anilines is 1. The summed E-state index contributed by atoms with van der Waals surface area (Å²) >= 11 is 0. The van der Waals surface area contributed by atoms with Crippen molar-refractivity contribution in [2.24, 2.45) is 0 Å². The summed E-state index contributed by atoms with van der Waals surface area (Å²) in [4.78, 5) is 23.8. The molecule has 0 unspecified atom stereocenters. The smallest absolute Gasteiger partial charge is 0.248 e. The van der Waals surface area contributed by atoms with Gasteiger partial charge in [-0.1, -0.05) is 36.4 Å². The summed E-state index contributed by atoms with van der Waals surface area (Å²) in [6, 6.07) is 15.1. The Morgan fingerprint density at radius 3 is 2.50 bits per heavy atom. The highest BCUT2D eigenvalue weighted by atomic mass is 16.3. The van der Waals surface area contributed by atoms with Crippen LogP contribution in [-0.4, -0.2) is 23.0 Å². The molecular weight excluding hydrogens is 280 g/mol. The predicted molar refractivity (Wildman–Crippen MR) is 84.5 cm³/mol. The number of carbonyl (C=O) groups excluding carboxylic acids is 2. The van der Waals surface area contributed by atoms with Crippen LogP contribution < -0.4 is 10.6 Å². The van der Waals surface area contributed by atoms with Crippen LogP contribution in [0.1, 0.15) is 12.5 Å². The number of nitrogens with one attached hydrogen (secondary N) is 2. The number of phenolic OH excluding ortho intramolecular Hbond substituents is 1. The second-order valence-corrected chi connectivity index (χ2v) is 4.99. The van der Waals surface area contributed by atoms with Crippen LogP contribution in [0.4, 0.5) is 5.69 Å². The first-order valence-corrected chi connectivity index (χ1v) is 6.98. The van der Waals surface area contributed by atoms with E-state index in [9.17, 15) is 14.7 Å². The molecule has 2 aromatic carbocycles. The van der Waals surface area contributed by atoms with Gasteiger partial charge < -0.3 is 10.4 Å². The number of phenols is 1. The monoisotopic (exact) mass is 298 g/mol. The van der Waals surface area contributed by atoms with Crippen LogP contribution in [0.2, 0.25) is 0 Å². The SMILES string of the molecule is C[C@H](Nc1cccc(O)c1)C(=O)NC(=O)Cc1ccccc1. The quantitative estimate of drug-likeness (QED) is 0.789. The van der Waals surface area contributed by atoms with Gasteiger partial charge in [0.05, 0.1) is 6.42 Å². The number of hydrogen-bond acceptors (Lipinski definition) is 4. The van der Waals surface area contributed by atoms with Crippen molar-refractivity contribution < 1.29 is 14.7 Å². The lowest BCUT2D eigenvalue weighted by atomic mass is 10.1. The van der Waals surface area contributed by atoms with Crippen LogP contribution in [0.25, 0.3) is 0 Å². The molecule has 1 atom stereocenters. The van der Waals surface area contributed by atoms with Crippen molar-refractivity contribution >= 4 is 17.5 Å². The molecule has 0 aromatic heterocycles. The highest BCUT2D eigenvalue weighted by molar-refractivity contribution is 5.99. The largest absolute Gasteiger partial charge is 0.508 e. The average Bonchev–Trinajstić information content (AvgIpc) is 2.48. The fourth-order valence-corrected chi connectivity index (χ4v) is 1.98. The van der Waals surface area contributed by atoms with Crippen molar-refractivity contribution in [3.63, 3.8) is 0 Å². The van der Waals surface area contributed by atoms with E-state index in [1.165, 1.54) is 6.07 Å². The lowest BCUT2D eigenvalue weighted by Gasteiger charge is -2.14. The molecule has 114 valence electrons. The molecule has 0 fully saturated rings. The first-order valence-electron chi connectivity index (χ1n) is 6.98. The van der Waals surface area contributed by atoms with Crippen molar-refractivity contribution in [1.82, 2.24) is 5.32 Å². The molecule has 0 heterocycles. The van der Waals surface area contributed by atoms with Gasteiger partial charge in [0.2, 0.25) is 11.8 Å². The van der Waals surface area contributed by atoms with Gasteiger partial charge in [-0.3, -0.25) is 14.9 Å². The Bertz CT molecular complexity index is 656. The molecule has 22 heavy (non-hydrogen) atoms. The first kappa shape index (κ1) is 15.6. The second-order valence-electron chi connectivity index (χ2n) is 4.99. The van der Waals surface area contributed by atoms with E-state index in [0.29, 0.717) is 5.69 Å². The molecule has 3 N–H and O–H groups in total. The normalized spacial score (nSPS) is 11.5. The molecule has 0 aliphatic rings. The van der Waals surface area contributed by atoms with Crippen molar-refractivity contribution in [1.29, 1.82) is 0 Å². The summed E-state index contributed by atoms with van der Waals surface area (Å²) < 4.78 is 0. The predicted octanol–water partition coefficient (Wildman–Crippen LogP) is 2.08. The summed E-state index contributed by atoms with van der Waals surface area (Å²) in [5.74, 6) is -0.650. The van der Waals surface area contributed by atoms with Crippen molar-refractivity contribution in [3.8, 4) is 5.75 Å². The highest BCUT2D eigenvalue weighted by Gasteiger charge is 2.15. The zero-order valence-electron chi connectivity index (χ0n) is 12.2. The first-order chi connectivity index (χ1) is 10.5. The molecule has 0 saturated carbocycles. The van der Waals surface area contributed by atoms with Crippen molar-refractivity contribution in [2.45, 2.75) is 19.4 Å². The third-order valence-electron chi connectivity index (χ3n) is 3.09. The third-order valence-corrected chi connectivity index (χ3v) is 3.09. The summed E-state index contributed by atoms with van der Waals surface area (Å²) in [5, 5.41) is 14.7. The molecule has 0 aliphatic carbocycles. The van der Waals surface area contributed by atoms with E-state index in [1.807, 2.05) is 30.3 Å². The zero-order valence-corrected chi connectivity index (χ0v) is 12.2. The van der Waals surface area contributed by atoms with E-state index in [2.05, 4.69) is 10.6 Å². The molecule has 2 aromatic rings. The van der Waals surface area contributed by atoms with Gasteiger partial charge in [0, 0.05) is 11.8 Å². The Morgan fingerprint density at radius 2 is 1.82 bits per heavy atom. The van der Waals surface area contributed by atoms with E-state index < -0.39 is 11.9 Å². The van der Waals surface area contributed by atoms with Crippen LogP contribution in [0.3, 0.4) is 0 Å². The zero-order chi connectivity index (χ0) is 15.9. The fourth-order valence-electron chi connectivity index (χ4n) is 1.98. The standard InChI is InChI=1S/C17H18N2O3/c1-12(18-14-8-5-9-15(20)11-14)17(22)19-16(21)10-13-6-3-2-4-7-13/h2-9,11-12,18,20H,10H2,1H3,(H,19,21,22)/t12-/m0/s1. The van der Waals surface area contributed by atoms with Gasteiger partial charge in [0.25, 0.3) is 0 Å². The molecule has 5 nitrogen and oxygen atoms in total. The minimum Gasteiger partial charge on any atom is -0.508 e. The molecule has 2 rings (SSSR count). The lowest BCUT2D eigenvalue weighted by molar-refractivity contribution is -0.130. The van der Waals surface area contributed by atoms with Crippen LogP contribution in [0.5, 0.6) is 5.75 Å². The van der Waals surface area contributed by atoms with E-state index >= 15 is 0 Å². The number of amides is 2. The topological polar surface area (TPSA) is 78.4 Å². The minimum absolute atomic E-state index is 0.109. The van der Waals surface area contributed by atoms with Crippen molar-refractivity contribution in [2.75, 3.05) is 5.32 Å². The second kappa shape index (κ2) is 7.26. The average molecular weight is 298 g/mol. The van der Waals surface area contributed by atoms with Gasteiger partial charge in [-0.2, -0.15) is 0 Å². The maximum atomic E-state index is 12.0. The Kier molecular flexibility index (Phi) is 5.14. The van der Waals surface area contributed by atoms with Gasteiger partial charge in [0.1, 0.15) is 11.8 Å². The maximum Gasteiger partial charge on any atom is 0.248 e. The molecular formula is C17H18N2O3. The van der Waals surface area contributed by atoms with E-state index in [0.717, 1.165) is 5.56 Å². The van der Waals surface area contributed by atoms with E-state index in [-0.39, 0.29) is 18.1 Å². The number of aromatic hydroxyl groups is 1. The number of benzene rings is 2. The van der Waals surface area contributed by atoms with Gasteiger partial charge in [0.15, 0.2) is 0 Å². The van der Waals surface area contributed by atoms with Crippen LogP contribution in [-0.2, 0) is 16.0 Å². The van der Waals surface area contributed by atoms with Crippen LogP contribution >= 0.6 is 0 Å². The molecule has 0 radical (unpaired) electrons. The molecule has 0 bridgehead atoms. The fraction of sp³-hybridized carbons (Fsp3) is 0.176. The van der Waals surface area contributed by atoms with Gasteiger partial charge in [-0.15, -0.1) is 0 Å². The molecule has 0 saturated heterocycles. The minimum atomic E-state index is -0.596. The van der Waals surface area contributed by atoms with Gasteiger partial charge >= 0.3 is 0 Å². The molecule has 5 heteroatoms. The molecule has 0 spiro atoms. The molecule has 0 aliphatic heterocycles. The van der Waals surface area contributed by atoms with Gasteiger partial charge in [-0.05, 0) is 24.6 Å². The Morgan fingerprint density at radius 1 is 1.09 bits per heavy atom. The summed E-state index contributed by atoms with van der Waals surface area (Å²) in [7, 11) is 0. The summed E-state index contributed by atoms with van der Waals surface area (Å²) in [6.45, 7) is 1.65. The Hall–Kier alpha value is -2.82. The Labute approximate surface area is 129 Å². The van der Waals surface area contributed by atoms with Crippen LogP contribution in [0, 0.1) is 0 Å². The third kappa shape index (κ3) is 4.63. The molecule has 2 amide bonds. The number of rotatable bonds is 5. The summed E-state index contributed by atoms with van der Waals surface area (Å²) in [5.41, 5.74) is 1.46.